The van der Waals surface area contributed by atoms with E-state index in [0.717, 1.165) is 30.8 Å². The second kappa shape index (κ2) is 9.36. The minimum absolute atomic E-state index is 0.225. The Morgan fingerprint density at radius 2 is 1.35 bits per heavy atom. The molecule has 1 N–H and O–H groups in total. The molecule has 2 aromatic carbocycles. The molecule has 0 aliphatic rings. The third kappa shape index (κ3) is 4.76. The minimum atomic E-state index is -1.63. The van der Waals surface area contributed by atoms with Gasteiger partial charge < -0.3 is 10.0 Å². The summed E-state index contributed by atoms with van der Waals surface area (Å²) >= 11 is 1.21. The number of rotatable bonds is 8. The molecule has 0 radical (unpaired) electrons. The van der Waals surface area contributed by atoms with E-state index in [-0.39, 0.29) is 5.12 Å². The van der Waals surface area contributed by atoms with Crippen molar-refractivity contribution in [2.75, 3.05) is 25.4 Å². The first-order valence-corrected chi connectivity index (χ1v) is 10.2. The van der Waals surface area contributed by atoms with Gasteiger partial charge >= 0.3 is 0 Å². The molecule has 0 unspecified atom stereocenters. The molecule has 2 aromatic rings. The van der Waals surface area contributed by atoms with Crippen molar-refractivity contribution in [2.24, 2.45) is 0 Å². The van der Waals surface area contributed by atoms with Crippen molar-refractivity contribution in [1.29, 1.82) is 0 Å². The molecule has 0 saturated carbocycles. The minimum Gasteiger partial charge on any atom is -0.372 e. The molecule has 2 rings (SSSR count). The Bertz CT molecular complexity index is 660. The smallest absolute Gasteiger partial charge is 0.229 e. The molecule has 0 aromatic heterocycles. The van der Waals surface area contributed by atoms with Crippen LogP contribution < -0.4 is 0 Å². The zero-order valence-electron chi connectivity index (χ0n) is 16.2. The van der Waals surface area contributed by atoms with Crippen LogP contribution in [0.3, 0.4) is 0 Å². The number of thioether (sulfide) groups is 1. The van der Waals surface area contributed by atoms with Gasteiger partial charge in [0.25, 0.3) is 0 Å². The van der Waals surface area contributed by atoms with E-state index >= 15 is 0 Å². The van der Waals surface area contributed by atoms with Crippen LogP contribution in [-0.2, 0) is 10.4 Å². The van der Waals surface area contributed by atoms with Gasteiger partial charge in [0.05, 0.1) is 0 Å². The summed E-state index contributed by atoms with van der Waals surface area (Å²) in [7, 11) is 0. The van der Waals surface area contributed by atoms with Crippen LogP contribution in [-0.4, -0.2) is 40.5 Å². The van der Waals surface area contributed by atoms with E-state index in [1.807, 2.05) is 62.4 Å². The van der Waals surface area contributed by atoms with E-state index in [4.69, 9.17) is 0 Å². The quantitative estimate of drug-likeness (QED) is 0.757. The van der Waals surface area contributed by atoms with Gasteiger partial charge in [-0.25, -0.2) is 0 Å². The lowest BCUT2D eigenvalue weighted by atomic mass is 9.86. The Labute approximate surface area is 161 Å². The lowest BCUT2D eigenvalue weighted by Crippen LogP contribution is -2.36. The van der Waals surface area contributed by atoms with Crippen LogP contribution in [0.5, 0.6) is 0 Å². The topological polar surface area (TPSA) is 40.5 Å². The number of aryl methyl sites for hydroxylation is 2. The fourth-order valence-corrected chi connectivity index (χ4v) is 3.88. The fourth-order valence-electron chi connectivity index (χ4n) is 2.90. The molecule has 4 heteroatoms. The molecule has 0 spiro atoms. The third-order valence-electron chi connectivity index (χ3n) is 4.77. The van der Waals surface area contributed by atoms with Gasteiger partial charge in [-0.1, -0.05) is 85.3 Å². The molecule has 0 amide bonds. The first-order chi connectivity index (χ1) is 12.4. The molecule has 0 aliphatic carbocycles. The van der Waals surface area contributed by atoms with Crippen molar-refractivity contribution in [2.45, 2.75) is 33.3 Å². The van der Waals surface area contributed by atoms with Crippen LogP contribution in [0.4, 0.5) is 0 Å². The molecule has 26 heavy (non-hydrogen) atoms. The van der Waals surface area contributed by atoms with E-state index in [9.17, 15) is 9.90 Å². The molecular weight excluding hydrogens is 342 g/mol. The normalized spacial score (nSPS) is 11.8. The Hall–Kier alpha value is -1.62. The summed E-state index contributed by atoms with van der Waals surface area (Å²) in [5, 5.41) is 11.3. The number of carbonyl (C=O) groups excluding carboxylic acids is 1. The number of hydrogen-bond acceptors (Lipinski definition) is 4. The van der Waals surface area contributed by atoms with Crippen molar-refractivity contribution in [3.8, 4) is 0 Å². The van der Waals surface area contributed by atoms with E-state index < -0.39 is 5.60 Å². The standard InChI is InChI=1S/C22H29NO2S/c1-5-23(6-2)15-16-26-21(24)22(25,19-11-7-17(3)8-12-19)20-13-9-18(4)10-14-20/h7-14,25H,5-6,15-16H2,1-4H3. The highest BCUT2D eigenvalue weighted by Crippen LogP contribution is 2.35. The van der Waals surface area contributed by atoms with Gasteiger partial charge in [0.2, 0.25) is 5.12 Å². The van der Waals surface area contributed by atoms with Crippen LogP contribution in [0.2, 0.25) is 0 Å². The molecule has 140 valence electrons. The summed E-state index contributed by atoms with van der Waals surface area (Å²) in [5.74, 6) is 0.667. The van der Waals surface area contributed by atoms with Crippen molar-refractivity contribution >= 4 is 16.9 Å². The predicted molar refractivity (Wildman–Crippen MR) is 111 cm³/mol. The van der Waals surface area contributed by atoms with Crippen LogP contribution in [0.1, 0.15) is 36.1 Å². The highest BCUT2D eigenvalue weighted by molar-refractivity contribution is 8.13. The molecule has 0 aliphatic heterocycles. The third-order valence-corrected chi connectivity index (χ3v) is 5.71. The summed E-state index contributed by atoms with van der Waals surface area (Å²) in [6, 6.07) is 15.1. The second-order valence-electron chi connectivity index (χ2n) is 6.61. The van der Waals surface area contributed by atoms with Crippen LogP contribution >= 0.6 is 11.8 Å². The zero-order chi connectivity index (χ0) is 19.2. The predicted octanol–water partition coefficient (Wildman–Crippen LogP) is 4.14. The van der Waals surface area contributed by atoms with Gasteiger partial charge in [0, 0.05) is 12.3 Å². The van der Waals surface area contributed by atoms with Gasteiger partial charge in [-0.2, -0.15) is 0 Å². The number of carbonyl (C=O) groups is 1. The number of aliphatic hydroxyl groups is 1. The zero-order valence-corrected chi connectivity index (χ0v) is 17.0. The van der Waals surface area contributed by atoms with Crippen LogP contribution in [0.15, 0.2) is 48.5 Å². The number of benzene rings is 2. The molecular formula is C22H29NO2S. The largest absolute Gasteiger partial charge is 0.372 e. The van der Waals surface area contributed by atoms with Crippen molar-refractivity contribution < 1.29 is 9.90 Å². The monoisotopic (exact) mass is 371 g/mol. The molecule has 0 heterocycles. The number of nitrogens with zero attached hydrogens (tertiary/aromatic N) is 1. The molecule has 0 fully saturated rings. The molecule has 0 bridgehead atoms. The van der Waals surface area contributed by atoms with Crippen molar-refractivity contribution in [3.05, 3.63) is 70.8 Å². The first-order valence-electron chi connectivity index (χ1n) is 9.18. The van der Waals surface area contributed by atoms with Crippen molar-refractivity contribution in [3.63, 3.8) is 0 Å². The lowest BCUT2D eigenvalue weighted by Gasteiger charge is -2.28. The number of hydrogen-bond donors (Lipinski definition) is 1. The lowest BCUT2D eigenvalue weighted by molar-refractivity contribution is -0.124. The van der Waals surface area contributed by atoms with E-state index in [0.29, 0.717) is 16.9 Å². The Morgan fingerprint density at radius 1 is 0.923 bits per heavy atom. The Morgan fingerprint density at radius 3 is 1.73 bits per heavy atom. The van der Waals surface area contributed by atoms with E-state index in [1.54, 1.807) is 0 Å². The van der Waals surface area contributed by atoms with Crippen molar-refractivity contribution in [1.82, 2.24) is 4.90 Å². The summed E-state index contributed by atoms with van der Waals surface area (Å²) in [5.41, 5.74) is 1.80. The van der Waals surface area contributed by atoms with Gasteiger partial charge in [-0.05, 0) is 38.1 Å². The maximum atomic E-state index is 13.1. The van der Waals surface area contributed by atoms with Gasteiger partial charge in [-0.15, -0.1) is 0 Å². The summed E-state index contributed by atoms with van der Waals surface area (Å²) in [4.78, 5) is 15.4. The average molecular weight is 372 g/mol. The SMILES string of the molecule is CCN(CC)CCSC(=O)C(O)(c1ccc(C)cc1)c1ccc(C)cc1. The van der Waals surface area contributed by atoms with E-state index in [2.05, 4.69) is 18.7 Å². The summed E-state index contributed by atoms with van der Waals surface area (Å²) in [6.07, 6.45) is 0. The van der Waals surface area contributed by atoms with Crippen LogP contribution in [0, 0.1) is 13.8 Å². The maximum absolute atomic E-state index is 13.1. The van der Waals surface area contributed by atoms with Gasteiger partial charge in [0.1, 0.15) is 0 Å². The van der Waals surface area contributed by atoms with Crippen LogP contribution in [0.25, 0.3) is 0 Å². The second-order valence-corrected chi connectivity index (χ2v) is 7.67. The summed E-state index contributed by atoms with van der Waals surface area (Å²) in [6.45, 7) is 11.0. The average Bonchev–Trinajstić information content (AvgIpc) is 2.65. The van der Waals surface area contributed by atoms with Gasteiger partial charge in [-0.3, -0.25) is 4.79 Å². The first kappa shape index (κ1) is 20.7. The Balaban J connectivity index is 2.29. The molecule has 0 atom stereocenters. The molecule has 0 saturated heterocycles. The fraction of sp³-hybridized carbons (Fsp3) is 0.409. The van der Waals surface area contributed by atoms with Gasteiger partial charge in [0.15, 0.2) is 5.60 Å². The summed E-state index contributed by atoms with van der Waals surface area (Å²) < 4.78 is 0. The maximum Gasteiger partial charge on any atom is 0.229 e. The Kier molecular flexibility index (Phi) is 7.44. The highest BCUT2D eigenvalue weighted by Gasteiger charge is 2.39. The molecule has 3 nitrogen and oxygen atoms in total. The highest BCUT2D eigenvalue weighted by atomic mass is 32.2. The van der Waals surface area contributed by atoms with E-state index in [1.165, 1.54) is 11.8 Å².